The van der Waals surface area contributed by atoms with Gasteiger partial charge in [-0.25, -0.2) is 9.48 Å². The molecule has 0 saturated heterocycles. The first-order valence-electron chi connectivity index (χ1n) is 5.51. The van der Waals surface area contributed by atoms with Crippen LogP contribution < -0.4 is 10.9 Å². The minimum absolute atomic E-state index is 0.0350. The Bertz CT molecular complexity index is 738. The minimum atomic E-state index is -1.14. The quantitative estimate of drug-likeness (QED) is 0.822. The van der Waals surface area contributed by atoms with E-state index in [9.17, 15) is 14.4 Å². The largest absolute Gasteiger partial charge is 0.478 e. The zero-order valence-electron chi connectivity index (χ0n) is 10.4. The zero-order chi connectivity index (χ0) is 14.7. The molecule has 2 aromatic heterocycles. The lowest BCUT2D eigenvalue weighted by Gasteiger charge is -2.05. The molecule has 0 aliphatic heterocycles. The predicted octanol–water partition coefficient (Wildman–Crippen LogP) is 0.126. The molecule has 2 N–H and O–H groups in total. The Kier molecular flexibility index (Phi) is 3.56. The number of aryl methyl sites for hydroxylation is 1. The maximum atomic E-state index is 11.9. The van der Waals surface area contributed by atoms with Gasteiger partial charge in [-0.05, 0) is 12.1 Å². The maximum absolute atomic E-state index is 11.9. The first-order chi connectivity index (χ1) is 9.47. The van der Waals surface area contributed by atoms with E-state index in [4.69, 9.17) is 5.11 Å². The summed E-state index contributed by atoms with van der Waals surface area (Å²) in [5.74, 6) is -1.71. The molecule has 2 aromatic rings. The number of carboxylic acids is 1. The van der Waals surface area contributed by atoms with Gasteiger partial charge in [0, 0.05) is 19.3 Å². The number of carbonyl (C=O) groups excluding carboxylic acids is 1. The molecule has 0 bridgehead atoms. The highest BCUT2D eigenvalue weighted by Crippen LogP contribution is 2.09. The van der Waals surface area contributed by atoms with E-state index in [-0.39, 0.29) is 22.5 Å². The number of pyridine rings is 1. The van der Waals surface area contributed by atoms with Gasteiger partial charge in [-0.1, -0.05) is 0 Å². The molecule has 0 atom stereocenters. The molecule has 0 spiro atoms. The molecule has 0 aromatic carbocycles. The van der Waals surface area contributed by atoms with Crippen molar-refractivity contribution in [3.05, 3.63) is 52.2 Å². The van der Waals surface area contributed by atoms with Crippen molar-refractivity contribution in [2.45, 2.75) is 0 Å². The molecule has 0 radical (unpaired) electrons. The van der Waals surface area contributed by atoms with Crippen molar-refractivity contribution in [1.29, 1.82) is 0 Å². The zero-order valence-corrected chi connectivity index (χ0v) is 10.4. The van der Waals surface area contributed by atoms with Crippen molar-refractivity contribution in [1.82, 2.24) is 14.8 Å². The summed E-state index contributed by atoms with van der Waals surface area (Å²) in [5.41, 5.74) is -0.120. The Morgan fingerprint density at radius 2 is 2.05 bits per heavy atom. The number of anilines is 1. The summed E-state index contributed by atoms with van der Waals surface area (Å²) in [6.45, 7) is 0. The molecule has 8 nitrogen and oxygen atoms in total. The van der Waals surface area contributed by atoms with Crippen molar-refractivity contribution in [2.75, 3.05) is 5.32 Å². The van der Waals surface area contributed by atoms with E-state index in [1.54, 1.807) is 0 Å². The second-order valence-corrected chi connectivity index (χ2v) is 3.90. The van der Waals surface area contributed by atoms with Crippen molar-refractivity contribution >= 4 is 17.6 Å². The molecule has 0 fully saturated rings. The summed E-state index contributed by atoms with van der Waals surface area (Å²) in [6, 6.07) is 3.77. The highest BCUT2D eigenvalue weighted by atomic mass is 16.4. The lowest BCUT2D eigenvalue weighted by atomic mass is 10.2. The van der Waals surface area contributed by atoms with Gasteiger partial charge in [0.15, 0.2) is 0 Å². The number of nitrogens with zero attached hydrogens (tertiary/aromatic N) is 3. The number of carbonyl (C=O) groups is 2. The summed E-state index contributed by atoms with van der Waals surface area (Å²) in [5, 5.41) is 15.1. The second-order valence-electron chi connectivity index (χ2n) is 3.90. The molecule has 0 aliphatic carbocycles. The molecule has 0 saturated carbocycles. The van der Waals surface area contributed by atoms with Crippen LogP contribution in [0, 0.1) is 0 Å². The third-order valence-corrected chi connectivity index (χ3v) is 2.44. The van der Waals surface area contributed by atoms with Crippen molar-refractivity contribution in [2.24, 2.45) is 7.05 Å². The van der Waals surface area contributed by atoms with E-state index in [2.05, 4.69) is 15.4 Å². The molecule has 8 heteroatoms. The standard InChI is InChI=1S/C12H10N4O4/c1-16-10(17)3-2-9(15-16)11(18)14-8-4-7(12(19)20)5-13-6-8/h2-6H,1H3,(H,14,18)(H,19,20). The molecule has 2 heterocycles. The van der Waals surface area contributed by atoms with Gasteiger partial charge in [0.25, 0.3) is 11.5 Å². The van der Waals surface area contributed by atoms with Crippen LogP contribution in [-0.4, -0.2) is 31.7 Å². The number of carboxylic acid groups (broad SMARTS) is 1. The Morgan fingerprint density at radius 3 is 2.70 bits per heavy atom. The number of hydrogen-bond donors (Lipinski definition) is 2. The van der Waals surface area contributed by atoms with Crippen molar-refractivity contribution < 1.29 is 14.7 Å². The van der Waals surface area contributed by atoms with E-state index in [0.29, 0.717) is 0 Å². The van der Waals surface area contributed by atoms with Gasteiger partial charge in [-0.15, -0.1) is 0 Å². The van der Waals surface area contributed by atoms with E-state index in [1.807, 2.05) is 0 Å². The maximum Gasteiger partial charge on any atom is 0.337 e. The first-order valence-corrected chi connectivity index (χ1v) is 5.51. The highest BCUT2D eigenvalue weighted by molar-refractivity contribution is 6.03. The van der Waals surface area contributed by atoms with Crippen LogP contribution in [0.25, 0.3) is 0 Å². The molecular weight excluding hydrogens is 264 g/mol. The first kappa shape index (κ1) is 13.4. The fourth-order valence-electron chi connectivity index (χ4n) is 1.44. The third-order valence-electron chi connectivity index (χ3n) is 2.44. The predicted molar refractivity (Wildman–Crippen MR) is 68.6 cm³/mol. The smallest absolute Gasteiger partial charge is 0.337 e. The molecule has 0 aliphatic rings. The fraction of sp³-hybridized carbons (Fsp3) is 0.0833. The van der Waals surface area contributed by atoms with Crippen LogP contribution in [0.15, 0.2) is 35.4 Å². The fourth-order valence-corrected chi connectivity index (χ4v) is 1.44. The van der Waals surface area contributed by atoms with Gasteiger partial charge in [0.1, 0.15) is 5.69 Å². The molecular formula is C12H10N4O4. The lowest BCUT2D eigenvalue weighted by Crippen LogP contribution is -2.23. The average molecular weight is 274 g/mol. The Hall–Kier alpha value is -3.03. The number of hydrogen-bond acceptors (Lipinski definition) is 5. The normalized spacial score (nSPS) is 10.1. The highest BCUT2D eigenvalue weighted by Gasteiger charge is 2.11. The van der Waals surface area contributed by atoms with Crippen molar-refractivity contribution in [3.8, 4) is 0 Å². The molecule has 20 heavy (non-hydrogen) atoms. The Morgan fingerprint density at radius 1 is 1.30 bits per heavy atom. The molecule has 0 unspecified atom stereocenters. The van der Waals surface area contributed by atoms with Crippen LogP contribution in [0.1, 0.15) is 20.8 Å². The Balaban J connectivity index is 2.23. The number of aromatic carboxylic acids is 1. The van der Waals surface area contributed by atoms with E-state index in [0.717, 1.165) is 4.68 Å². The van der Waals surface area contributed by atoms with Gasteiger partial charge in [0.2, 0.25) is 0 Å². The van der Waals surface area contributed by atoms with Crippen LogP contribution in [0.4, 0.5) is 5.69 Å². The van der Waals surface area contributed by atoms with Crippen LogP contribution in [0.2, 0.25) is 0 Å². The summed E-state index contributed by atoms with van der Waals surface area (Å²) < 4.78 is 1.03. The topological polar surface area (TPSA) is 114 Å². The average Bonchev–Trinajstić information content (AvgIpc) is 2.42. The van der Waals surface area contributed by atoms with Gasteiger partial charge in [0.05, 0.1) is 17.4 Å². The number of aromatic nitrogens is 3. The second kappa shape index (κ2) is 5.31. The van der Waals surface area contributed by atoms with Crippen LogP contribution >= 0.6 is 0 Å². The van der Waals surface area contributed by atoms with Gasteiger partial charge >= 0.3 is 5.97 Å². The summed E-state index contributed by atoms with van der Waals surface area (Å²) in [7, 11) is 1.42. The Labute approximate surface area is 112 Å². The summed E-state index contributed by atoms with van der Waals surface area (Å²) >= 11 is 0. The molecule has 102 valence electrons. The van der Waals surface area contributed by atoms with Crippen LogP contribution in [-0.2, 0) is 7.05 Å². The van der Waals surface area contributed by atoms with Crippen LogP contribution in [0.5, 0.6) is 0 Å². The number of rotatable bonds is 3. The SMILES string of the molecule is Cn1nc(C(=O)Nc2cncc(C(=O)O)c2)ccc1=O. The summed E-state index contributed by atoms with van der Waals surface area (Å²) in [4.78, 5) is 37.6. The van der Waals surface area contributed by atoms with E-state index < -0.39 is 11.9 Å². The minimum Gasteiger partial charge on any atom is -0.478 e. The van der Waals surface area contributed by atoms with Gasteiger partial charge < -0.3 is 10.4 Å². The number of amides is 1. The van der Waals surface area contributed by atoms with Crippen molar-refractivity contribution in [3.63, 3.8) is 0 Å². The van der Waals surface area contributed by atoms with Gasteiger partial charge in [-0.3, -0.25) is 14.6 Å². The number of nitrogens with one attached hydrogen (secondary N) is 1. The van der Waals surface area contributed by atoms with E-state index in [1.165, 1.54) is 37.6 Å². The summed E-state index contributed by atoms with van der Waals surface area (Å²) in [6.07, 6.45) is 2.48. The van der Waals surface area contributed by atoms with Crippen LogP contribution in [0.3, 0.4) is 0 Å². The molecule has 2 rings (SSSR count). The lowest BCUT2D eigenvalue weighted by molar-refractivity contribution is 0.0696. The monoisotopic (exact) mass is 274 g/mol. The van der Waals surface area contributed by atoms with Gasteiger partial charge in [-0.2, -0.15) is 5.10 Å². The molecule has 1 amide bonds. The third kappa shape index (κ3) is 2.86. The van der Waals surface area contributed by atoms with E-state index >= 15 is 0 Å².